The summed E-state index contributed by atoms with van der Waals surface area (Å²) in [7, 11) is 0. The van der Waals surface area contributed by atoms with E-state index in [1.807, 2.05) is 0 Å². The van der Waals surface area contributed by atoms with Gasteiger partial charge in [-0.3, -0.25) is 0 Å². The second-order valence-corrected chi connectivity index (χ2v) is 8.15. The van der Waals surface area contributed by atoms with Crippen LogP contribution in [0.3, 0.4) is 0 Å². The van der Waals surface area contributed by atoms with Gasteiger partial charge in [-0.1, -0.05) is 51.1 Å². The molecular formula is C20H28O. The van der Waals surface area contributed by atoms with E-state index >= 15 is 0 Å². The van der Waals surface area contributed by atoms with E-state index in [0.29, 0.717) is 12.0 Å². The summed E-state index contributed by atoms with van der Waals surface area (Å²) >= 11 is 0. The second-order valence-electron chi connectivity index (χ2n) is 8.15. The average Bonchev–Trinajstić information content (AvgIpc) is 2.33. The molecule has 0 N–H and O–H groups in total. The molecule has 0 bridgehead atoms. The Morgan fingerprint density at radius 1 is 0.762 bits per heavy atom. The highest BCUT2D eigenvalue weighted by atomic mass is 16.5. The molecule has 2 aromatic rings. The molecule has 0 unspecified atom stereocenters. The molecule has 21 heavy (non-hydrogen) atoms. The van der Waals surface area contributed by atoms with Crippen molar-refractivity contribution in [3.63, 3.8) is 0 Å². The molecule has 2 aromatic carbocycles. The molecule has 0 aromatic heterocycles. The van der Waals surface area contributed by atoms with Crippen molar-refractivity contribution in [2.45, 2.75) is 60.2 Å². The number of benzene rings is 2. The molecule has 0 atom stereocenters. The quantitative estimate of drug-likeness (QED) is 0.698. The zero-order valence-electron chi connectivity index (χ0n) is 14.3. The summed E-state index contributed by atoms with van der Waals surface area (Å²) in [5.74, 6) is 0. The molecule has 2 rings (SSSR count). The van der Waals surface area contributed by atoms with Crippen LogP contribution in [0, 0.1) is 5.41 Å². The van der Waals surface area contributed by atoms with Gasteiger partial charge in [-0.15, -0.1) is 0 Å². The molecule has 0 saturated carbocycles. The molecular weight excluding hydrogens is 256 g/mol. The number of fused-ring (bicyclic) bond motifs is 1. The monoisotopic (exact) mass is 284 g/mol. The molecule has 0 heterocycles. The van der Waals surface area contributed by atoms with Crippen LogP contribution in [0.25, 0.3) is 10.8 Å². The standard InChI is InChI=1S/C20H28O/c1-19(2,3)13-15-7-9-18-12-16(8-10-17(18)11-15)14-21-20(4,5)6/h7-12H,13-14H2,1-6H3. The van der Waals surface area contributed by atoms with Gasteiger partial charge in [0.15, 0.2) is 0 Å². The fourth-order valence-corrected chi connectivity index (χ4v) is 2.46. The maximum atomic E-state index is 5.85. The molecule has 0 aliphatic heterocycles. The Kier molecular flexibility index (Phi) is 4.43. The highest BCUT2D eigenvalue weighted by Crippen LogP contribution is 2.25. The largest absolute Gasteiger partial charge is 0.371 e. The number of ether oxygens (including phenoxy) is 1. The smallest absolute Gasteiger partial charge is 0.0724 e. The lowest BCUT2D eigenvalue weighted by molar-refractivity contribution is -0.0149. The minimum Gasteiger partial charge on any atom is -0.371 e. The first-order valence-electron chi connectivity index (χ1n) is 7.78. The van der Waals surface area contributed by atoms with Crippen molar-refractivity contribution in [1.82, 2.24) is 0 Å². The van der Waals surface area contributed by atoms with Crippen molar-refractivity contribution in [2.24, 2.45) is 5.41 Å². The van der Waals surface area contributed by atoms with Crippen LogP contribution < -0.4 is 0 Å². The van der Waals surface area contributed by atoms with E-state index in [-0.39, 0.29) is 5.60 Å². The summed E-state index contributed by atoms with van der Waals surface area (Å²) in [5, 5.41) is 2.61. The minimum absolute atomic E-state index is 0.0917. The highest BCUT2D eigenvalue weighted by molar-refractivity contribution is 5.83. The van der Waals surface area contributed by atoms with Crippen molar-refractivity contribution < 1.29 is 4.74 Å². The normalized spacial score (nSPS) is 12.9. The third-order valence-electron chi connectivity index (χ3n) is 3.38. The van der Waals surface area contributed by atoms with Crippen LogP contribution in [0.15, 0.2) is 36.4 Å². The van der Waals surface area contributed by atoms with Crippen molar-refractivity contribution in [3.05, 3.63) is 47.5 Å². The van der Waals surface area contributed by atoms with Gasteiger partial charge in [0.2, 0.25) is 0 Å². The van der Waals surface area contributed by atoms with E-state index in [1.165, 1.54) is 21.9 Å². The van der Waals surface area contributed by atoms with Crippen LogP contribution in [-0.2, 0) is 17.8 Å². The Hall–Kier alpha value is -1.34. The predicted octanol–water partition coefficient (Wildman–Crippen LogP) is 5.74. The Balaban J connectivity index is 2.19. The second kappa shape index (κ2) is 5.81. The molecule has 0 aliphatic carbocycles. The van der Waals surface area contributed by atoms with Gasteiger partial charge >= 0.3 is 0 Å². The summed E-state index contributed by atoms with van der Waals surface area (Å²) in [6.07, 6.45) is 1.11. The van der Waals surface area contributed by atoms with E-state index in [2.05, 4.69) is 77.9 Å². The molecule has 114 valence electrons. The van der Waals surface area contributed by atoms with Gasteiger partial charge in [0.05, 0.1) is 12.2 Å². The van der Waals surface area contributed by atoms with Crippen LogP contribution in [0.4, 0.5) is 0 Å². The van der Waals surface area contributed by atoms with Gasteiger partial charge in [-0.25, -0.2) is 0 Å². The van der Waals surface area contributed by atoms with Gasteiger partial charge < -0.3 is 4.74 Å². The third kappa shape index (κ3) is 5.17. The van der Waals surface area contributed by atoms with Crippen molar-refractivity contribution >= 4 is 10.8 Å². The Labute approximate surface area is 129 Å². The van der Waals surface area contributed by atoms with Crippen LogP contribution in [0.2, 0.25) is 0 Å². The Morgan fingerprint density at radius 2 is 1.29 bits per heavy atom. The molecule has 0 saturated heterocycles. The fourth-order valence-electron chi connectivity index (χ4n) is 2.46. The molecule has 0 aliphatic rings. The third-order valence-corrected chi connectivity index (χ3v) is 3.38. The lowest BCUT2D eigenvalue weighted by Gasteiger charge is -2.20. The van der Waals surface area contributed by atoms with Gasteiger partial charge in [0.1, 0.15) is 0 Å². The zero-order valence-corrected chi connectivity index (χ0v) is 14.3. The summed E-state index contributed by atoms with van der Waals surface area (Å²) in [6, 6.07) is 13.4. The average molecular weight is 284 g/mol. The first-order chi connectivity index (χ1) is 9.62. The summed E-state index contributed by atoms with van der Waals surface area (Å²) < 4.78 is 5.85. The maximum absolute atomic E-state index is 5.85. The number of hydrogen-bond acceptors (Lipinski definition) is 1. The first-order valence-corrected chi connectivity index (χ1v) is 7.78. The minimum atomic E-state index is -0.0917. The highest BCUT2D eigenvalue weighted by Gasteiger charge is 2.12. The van der Waals surface area contributed by atoms with Gasteiger partial charge in [-0.05, 0) is 60.6 Å². The molecule has 0 fully saturated rings. The first kappa shape index (κ1) is 16.0. The lowest BCUT2D eigenvalue weighted by atomic mass is 9.87. The summed E-state index contributed by atoms with van der Waals surface area (Å²) in [6.45, 7) is 13.8. The van der Waals surface area contributed by atoms with Crippen molar-refractivity contribution in [1.29, 1.82) is 0 Å². The van der Waals surface area contributed by atoms with Crippen LogP contribution in [0.1, 0.15) is 52.7 Å². The number of rotatable bonds is 3. The SMILES string of the molecule is CC(C)(C)Cc1ccc2cc(COC(C)(C)C)ccc2c1. The fraction of sp³-hybridized carbons (Fsp3) is 0.500. The molecule has 0 amide bonds. The zero-order chi connectivity index (χ0) is 15.7. The summed E-state index contributed by atoms with van der Waals surface area (Å²) in [5.41, 5.74) is 2.88. The Morgan fingerprint density at radius 3 is 1.81 bits per heavy atom. The Bertz CT molecular complexity index is 612. The van der Waals surface area contributed by atoms with Gasteiger partial charge in [0, 0.05) is 0 Å². The van der Waals surface area contributed by atoms with E-state index in [9.17, 15) is 0 Å². The van der Waals surface area contributed by atoms with Crippen molar-refractivity contribution in [3.8, 4) is 0 Å². The molecule has 0 spiro atoms. The van der Waals surface area contributed by atoms with Crippen LogP contribution in [0.5, 0.6) is 0 Å². The van der Waals surface area contributed by atoms with Crippen LogP contribution >= 0.6 is 0 Å². The van der Waals surface area contributed by atoms with E-state index in [1.54, 1.807) is 0 Å². The maximum Gasteiger partial charge on any atom is 0.0724 e. The molecule has 1 nitrogen and oxygen atoms in total. The van der Waals surface area contributed by atoms with E-state index in [4.69, 9.17) is 4.74 Å². The lowest BCUT2D eigenvalue weighted by Crippen LogP contribution is -2.18. The van der Waals surface area contributed by atoms with Gasteiger partial charge in [-0.2, -0.15) is 0 Å². The number of hydrogen-bond donors (Lipinski definition) is 0. The molecule has 0 radical (unpaired) electrons. The van der Waals surface area contributed by atoms with Crippen molar-refractivity contribution in [2.75, 3.05) is 0 Å². The van der Waals surface area contributed by atoms with Crippen LogP contribution in [-0.4, -0.2) is 5.60 Å². The van der Waals surface area contributed by atoms with Gasteiger partial charge in [0.25, 0.3) is 0 Å². The summed E-state index contributed by atoms with van der Waals surface area (Å²) in [4.78, 5) is 0. The topological polar surface area (TPSA) is 9.23 Å². The molecule has 1 heteroatoms. The van der Waals surface area contributed by atoms with E-state index < -0.39 is 0 Å². The predicted molar refractivity (Wildman–Crippen MR) is 91.6 cm³/mol. The van der Waals surface area contributed by atoms with E-state index in [0.717, 1.165) is 6.42 Å².